The van der Waals surface area contributed by atoms with Crippen molar-refractivity contribution in [2.75, 3.05) is 31.1 Å². The maximum Gasteiger partial charge on any atom is 0.251 e. The summed E-state index contributed by atoms with van der Waals surface area (Å²) < 4.78 is 24.9. The Hall–Kier alpha value is -2.02. The molecule has 1 aromatic rings. The van der Waals surface area contributed by atoms with Crippen LogP contribution in [0.3, 0.4) is 0 Å². The zero-order valence-electron chi connectivity index (χ0n) is 15.9. The smallest absolute Gasteiger partial charge is 0.251 e. The Labute approximate surface area is 158 Å². The number of carbonyl (C=O) groups excluding carboxylic acids is 2. The first kappa shape index (κ1) is 19.7. The van der Waals surface area contributed by atoms with Gasteiger partial charge in [-0.25, -0.2) is 8.78 Å². The molecule has 3 rings (SSSR count). The number of halogens is 2. The topological polar surface area (TPSA) is 52.7 Å². The molecule has 2 aliphatic heterocycles. The minimum Gasteiger partial charge on any atom is -0.353 e. The lowest BCUT2D eigenvalue weighted by Gasteiger charge is -2.32. The highest BCUT2D eigenvalue weighted by atomic mass is 19.3. The first-order chi connectivity index (χ1) is 12.8. The Morgan fingerprint density at radius 1 is 1.26 bits per heavy atom. The van der Waals surface area contributed by atoms with Crippen LogP contribution in [-0.4, -0.2) is 55.4 Å². The van der Waals surface area contributed by atoms with E-state index < -0.39 is 6.43 Å². The molecule has 0 saturated carbocycles. The fourth-order valence-electron chi connectivity index (χ4n) is 3.92. The number of aryl methyl sites for hydroxylation is 1. The Morgan fingerprint density at radius 3 is 2.63 bits per heavy atom. The predicted octanol–water partition coefficient (Wildman–Crippen LogP) is 2.50. The van der Waals surface area contributed by atoms with Gasteiger partial charge in [-0.1, -0.05) is 12.1 Å². The zero-order valence-corrected chi connectivity index (χ0v) is 15.9. The number of rotatable bonds is 5. The standard InChI is InChI=1S/C20H27F2N3O2/c1-13-4-3-5-17(14(13)2)25-11-15(10-19(25)26)20(27)23-16-6-8-24(9-7-16)12-18(21)22/h3-5,15-16,18H,6-12H2,1-2H3,(H,23,27). The van der Waals surface area contributed by atoms with Crippen LogP contribution < -0.4 is 10.2 Å². The van der Waals surface area contributed by atoms with Crippen LogP contribution in [0.5, 0.6) is 0 Å². The second-order valence-corrected chi connectivity index (χ2v) is 7.60. The van der Waals surface area contributed by atoms with Crippen LogP contribution in [0.25, 0.3) is 0 Å². The number of benzene rings is 1. The summed E-state index contributed by atoms with van der Waals surface area (Å²) >= 11 is 0. The van der Waals surface area contributed by atoms with Gasteiger partial charge in [0.15, 0.2) is 0 Å². The molecule has 0 bridgehead atoms. The summed E-state index contributed by atoms with van der Waals surface area (Å²) in [5, 5.41) is 3.02. The number of hydrogen-bond acceptors (Lipinski definition) is 3. The second kappa shape index (κ2) is 8.33. The fourth-order valence-corrected chi connectivity index (χ4v) is 3.92. The minimum atomic E-state index is -2.32. The predicted molar refractivity (Wildman–Crippen MR) is 100.0 cm³/mol. The summed E-state index contributed by atoms with van der Waals surface area (Å²) in [5.41, 5.74) is 3.04. The molecule has 5 nitrogen and oxygen atoms in total. The number of nitrogens with zero attached hydrogens (tertiary/aromatic N) is 2. The van der Waals surface area contributed by atoms with Gasteiger partial charge in [0, 0.05) is 37.8 Å². The van der Waals surface area contributed by atoms with E-state index in [4.69, 9.17) is 0 Å². The summed E-state index contributed by atoms with van der Waals surface area (Å²) in [6, 6.07) is 5.84. The summed E-state index contributed by atoms with van der Waals surface area (Å²) in [6.07, 6.45) is -0.778. The van der Waals surface area contributed by atoms with Crippen molar-refractivity contribution in [3.63, 3.8) is 0 Å². The molecule has 1 N–H and O–H groups in total. The van der Waals surface area contributed by atoms with E-state index in [0.717, 1.165) is 16.8 Å². The van der Waals surface area contributed by atoms with E-state index in [2.05, 4.69) is 5.32 Å². The van der Waals surface area contributed by atoms with Gasteiger partial charge in [0.05, 0.1) is 12.5 Å². The van der Waals surface area contributed by atoms with Gasteiger partial charge in [-0.15, -0.1) is 0 Å². The van der Waals surface area contributed by atoms with E-state index in [1.807, 2.05) is 32.0 Å². The Balaban J connectivity index is 1.55. The molecule has 2 fully saturated rings. The van der Waals surface area contributed by atoms with Gasteiger partial charge in [0.25, 0.3) is 6.43 Å². The van der Waals surface area contributed by atoms with Crippen molar-refractivity contribution >= 4 is 17.5 Å². The van der Waals surface area contributed by atoms with Gasteiger partial charge < -0.3 is 10.2 Å². The molecule has 27 heavy (non-hydrogen) atoms. The van der Waals surface area contributed by atoms with Gasteiger partial charge in [-0.3, -0.25) is 14.5 Å². The molecular formula is C20H27F2N3O2. The lowest BCUT2D eigenvalue weighted by atomic mass is 10.0. The third-order valence-corrected chi connectivity index (χ3v) is 5.69. The first-order valence-corrected chi connectivity index (χ1v) is 9.52. The van der Waals surface area contributed by atoms with Crippen LogP contribution in [0.15, 0.2) is 18.2 Å². The van der Waals surface area contributed by atoms with E-state index >= 15 is 0 Å². The van der Waals surface area contributed by atoms with E-state index in [0.29, 0.717) is 32.5 Å². The van der Waals surface area contributed by atoms with Crippen LogP contribution in [-0.2, 0) is 9.59 Å². The third kappa shape index (κ3) is 4.64. The molecule has 1 aromatic carbocycles. The lowest BCUT2D eigenvalue weighted by Crippen LogP contribution is -2.47. The first-order valence-electron chi connectivity index (χ1n) is 9.52. The number of likely N-dealkylation sites (tertiary alicyclic amines) is 1. The molecule has 2 saturated heterocycles. The van der Waals surface area contributed by atoms with E-state index in [9.17, 15) is 18.4 Å². The molecule has 2 amide bonds. The Morgan fingerprint density at radius 2 is 1.96 bits per heavy atom. The average molecular weight is 379 g/mol. The monoisotopic (exact) mass is 379 g/mol. The van der Waals surface area contributed by atoms with Gasteiger partial charge in [0.2, 0.25) is 11.8 Å². The maximum atomic E-state index is 12.6. The van der Waals surface area contributed by atoms with Crippen molar-refractivity contribution in [2.45, 2.75) is 45.6 Å². The SMILES string of the molecule is Cc1cccc(N2CC(C(=O)NC3CCN(CC(F)F)CC3)CC2=O)c1C. The molecule has 0 aliphatic carbocycles. The maximum absolute atomic E-state index is 12.6. The zero-order chi connectivity index (χ0) is 19.6. The van der Waals surface area contributed by atoms with Crippen LogP contribution in [0.2, 0.25) is 0 Å². The quantitative estimate of drug-likeness (QED) is 0.855. The number of carbonyl (C=O) groups is 2. The van der Waals surface area contributed by atoms with Crippen molar-refractivity contribution in [1.82, 2.24) is 10.2 Å². The molecule has 0 aromatic heterocycles. The lowest BCUT2D eigenvalue weighted by molar-refractivity contribution is -0.127. The molecule has 0 spiro atoms. The van der Waals surface area contributed by atoms with E-state index in [1.165, 1.54) is 0 Å². The molecule has 1 atom stereocenters. The van der Waals surface area contributed by atoms with Gasteiger partial charge in [-0.2, -0.15) is 0 Å². The van der Waals surface area contributed by atoms with Crippen molar-refractivity contribution < 1.29 is 18.4 Å². The number of nitrogens with one attached hydrogen (secondary N) is 1. The molecule has 7 heteroatoms. The third-order valence-electron chi connectivity index (χ3n) is 5.69. The number of anilines is 1. The minimum absolute atomic E-state index is 0.00344. The second-order valence-electron chi connectivity index (χ2n) is 7.60. The molecule has 148 valence electrons. The average Bonchev–Trinajstić information content (AvgIpc) is 3.00. The highest BCUT2D eigenvalue weighted by Gasteiger charge is 2.36. The van der Waals surface area contributed by atoms with Crippen LogP contribution >= 0.6 is 0 Å². The molecule has 2 heterocycles. The van der Waals surface area contributed by atoms with Crippen molar-refractivity contribution in [1.29, 1.82) is 0 Å². The normalized spacial score (nSPS) is 21.9. The number of hydrogen-bond donors (Lipinski definition) is 1. The molecule has 0 radical (unpaired) electrons. The summed E-state index contributed by atoms with van der Waals surface area (Å²) in [5.74, 6) is -0.504. The highest BCUT2D eigenvalue weighted by molar-refractivity contribution is 6.01. The van der Waals surface area contributed by atoms with Crippen molar-refractivity contribution in [3.05, 3.63) is 29.3 Å². The van der Waals surface area contributed by atoms with Crippen LogP contribution in [0, 0.1) is 19.8 Å². The van der Waals surface area contributed by atoms with Crippen molar-refractivity contribution in [2.24, 2.45) is 5.92 Å². The molecule has 2 aliphatic rings. The van der Waals surface area contributed by atoms with E-state index in [1.54, 1.807) is 9.80 Å². The summed E-state index contributed by atoms with van der Waals surface area (Å²) in [6.45, 7) is 5.30. The molecular weight excluding hydrogens is 352 g/mol. The molecule has 1 unspecified atom stereocenters. The van der Waals surface area contributed by atoms with E-state index in [-0.39, 0.29) is 36.7 Å². The van der Waals surface area contributed by atoms with Crippen molar-refractivity contribution in [3.8, 4) is 0 Å². The van der Waals surface area contributed by atoms with Gasteiger partial charge in [-0.05, 0) is 43.9 Å². The fraction of sp³-hybridized carbons (Fsp3) is 0.600. The summed E-state index contributed by atoms with van der Waals surface area (Å²) in [4.78, 5) is 28.5. The van der Waals surface area contributed by atoms with Crippen LogP contribution in [0.4, 0.5) is 14.5 Å². The highest BCUT2D eigenvalue weighted by Crippen LogP contribution is 2.29. The largest absolute Gasteiger partial charge is 0.353 e. The number of amides is 2. The number of piperidine rings is 1. The summed E-state index contributed by atoms with van der Waals surface area (Å²) in [7, 11) is 0. The van der Waals surface area contributed by atoms with Crippen LogP contribution in [0.1, 0.15) is 30.4 Å². The number of alkyl halides is 2. The van der Waals surface area contributed by atoms with Gasteiger partial charge >= 0.3 is 0 Å². The Bertz CT molecular complexity index is 702. The van der Waals surface area contributed by atoms with Gasteiger partial charge in [0.1, 0.15) is 0 Å². The Kier molecular flexibility index (Phi) is 6.09.